The molecule has 0 spiro atoms. The van der Waals surface area contributed by atoms with E-state index in [-0.39, 0.29) is 55.8 Å². The highest BCUT2D eigenvalue weighted by Gasteiger charge is 2.46. The highest BCUT2D eigenvalue weighted by Crippen LogP contribution is 2.57. The Balaban J connectivity index is 1.80. The summed E-state index contributed by atoms with van der Waals surface area (Å²) in [7, 11) is 0. The van der Waals surface area contributed by atoms with Crippen molar-refractivity contribution in [3.63, 3.8) is 0 Å². The van der Waals surface area contributed by atoms with E-state index < -0.39 is 58.2 Å². The summed E-state index contributed by atoms with van der Waals surface area (Å²) in [6, 6.07) is 12.7. The lowest BCUT2D eigenvalue weighted by atomic mass is 9.63. The van der Waals surface area contributed by atoms with E-state index in [2.05, 4.69) is 0 Å². The first kappa shape index (κ1) is 24.7. The first-order valence-electron chi connectivity index (χ1n) is 11.9. The van der Waals surface area contributed by atoms with Crippen molar-refractivity contribution < 1.29 is 49.8 Å². The second-order valence-corrected chi connectivity index (χ2v) is 9.59. The van der Waals surface area contributed by atoms with Gasteiger partial charge in [0, 0.05) is 34.1 Å². The SMILES string of the molecule is O=C(O)c1cc(O)c2c(c1)[C@H]([C@H]1c3c(O)cccc3C(=O)c3ccc(C(=O)O)c(O)c31)c1cccc(O)c1C2=O. The molecule has 0 radical (unpaired) electrons. The van der Waals surface area contributed by atoms with Crippen LogP contribution in [0.2, 0.25) is 0 Å². The molecule has 0 amide bonds. The van der Waals surface area contributed by atoms with Crippen molar-refractivity contribution in [2.45, 2.75) is 11.8 Å². The van der Waals surface area contributed by atoms with E-state index >= 15 is 0 Å². The van der Waals surface area contributed by atoms with Crippen molar-refractivity contribution in [1.82, 2.24) is 0 Å². The van der Waals surface area contributed by atoms with Crippen LogP contribution in [0.15, 0.2) is 60.7 Å². The number of hydrogen-bond donors (Lipinski definition) is 6. The molecule has 6 rings (SSSR count). The van der Waals surface area contributed by atoms with Gasteiger partial charge in [0.25, 0.3) is 0 Å². The van der Waals surface area contributed by atoms with Gasteiger partial charge in [-0.25, -0.2) is 9.59 Å². The van der Waals surface area contributed by atoms with Gasteiger partial charge in [0.2, 0.25) is 5.78 Å². The number of aromatic carboxylic acids is 2. The molecule has 0 heterocycles. The zero-order chi connectivity index (χ0) is 28.6. The number of carbonyl (C=O) groups excluding carboxylic acids is 2. The quantitative estimate of drug-likeness (QED) is 0.223. The van der Waals surface area contributed by atoms with E-state index in [0.29, 0.717) is 0 Å². The smallest absolute Gasteiger partial charge is 0.339 e. The van der Waals surface area contributed by atoms with E-state index in [1.807, 2.05) is 0 Å². The molecule has 10 heteroatoms. The summed E-state index contributed by atoms with van der Waals surface area (Å²) in [5, 5.41) is 63.4. The number of carbonyl (C=O) groups is 4. The van der Waals surface area contributed by atoms with Crippen LogP contribution in [-0.4, -0.2) is 54.1 Å². The maximum atomic E-state index is 13.6. The summed E-state index contributed by atoms with van der Waals surface area (Å²) < 4.78 is 0. The normalized spacial score (nSPS) is 16.9. The van der Waals surface area contributed by atoms with Gasteiger partial charge >= 0.3 is 11.9 Å². The van der Waals surface area contributed by atoms with Crippen LogP contribution in [0.25, 0.3) is 0 Å². The molecule has 0 bridgehead atoms. The molecule has 0 aliphatic heterocycles. The number of phenols is 4. The molecule has 198 valence electrons. The van der Waals surface area contributed by atoms with Gasteiger partial charge in [0.1, 0.15) is 28.6 Å². The van der Waals surface area contributed by atoms with Gasteiger partial charge in [-0.1, -0.05) is 24.3 Å². The minimum atomic E-state index is -1.49. The van der Waals surface area contributed by atoms with E-state index in [0.717, 1.165) is 12.1 Å². The molecule has 2 aliphatic rings. The fourth-order valence-corrected chi connectivity index (χ4v) is 5.97. The van der Waals surface area contributed by atoms with E-state index in [1.54, 1.807) is 0 Å². The van der Waals surface area contributed by atoms with Crippen LogP contribution < -0.4 is 0 Å². The minimum Gasteiger partial charge on any atom is -0.508 e. The van der Waals surface area contributed by atoms with Crippen molar-refractivity contribution >= 4 is 23.5 Å². The number of carboxylic acid groups (broad SMARTS) is 2. The number of aromatic hydroxyl groups is 4. The van der Waals surface area contributed by atoms with E-state index in [1.165, 1.54) is 48.5 Å². The highest BCUT2D eigenvalue weighted by molar-refractivity contribution is 6.17. The van der Waals surface area contributed by atoms with Gasteiger partial charge in [-0.15, -0.1) is 0 Å². The lowest BCUT2D eigenvalue weighted by molar-refractivity contribution is 0.0683. The molecular formula is C30H18O10. The van der Waals surface area contributed by atoms with Crippen molar-refractivity contribution in [2.24, 2.45) is 0 Å². The van der Waals surface area contributed by atoms with Gasteiger partial charge in [0.15, 0.2) is 5.78 Å². The summed E-state index contributed by atoms with van der Waals surface area (Å²) in [5.41, 5.74) is -1.47. The third-order valence-corrected chi connectivity index (χ3v) is 7.57. The average Bonchev–Trinajstić information content (AvgIpc) is 2.90. The largest absolute Gasteiger partial charge is 0.508 e. The molecule has 4 aromatic carbocycles. The van der Waals surface area contributed by atoms with Crippen molar-refractivity contribution in [3.05, 3.63) is 116 Å². The molecule has 0 fully saturated rings. The summed E-state index contributed by atoms with van der Waals surface area (Å²) in [6.07, 6.45) is 0. The minimum absolute atomic E-state index is 0.00218. The molecule has 2 atom stereocenters. The fourth-order valence-electron chi connectivity index (χ4n) is 5.97. The molecule has 10 nitrogen and oxygen atoms in total. The maximum Gasteiger partial charge on any atom is 0.339 e. The third kappa shape index (κ3) is 3.22. The van der Waals surface area contributed by atoms with Crippen molar-refractivity contribution in [1.29, 1.82) is 0 Å². The molecule has 0 saturated carbocycles. The van der Waals surface area contributed by atoms with Crippen LogP contribution in [0.5, 0.6) is 23.0 Å². The Labute approximate surface area is 224 Å². The fraction of sp³-hybridized carbons (Fsp3) is 0.0667. The van der Waals surface area contributed by atoms with Crippen LogP contribution in [0.1, 0.15) is 86.6 Å². The van der Waals surface area contributed by atoms with Crippen LogP contribution in [0.4, 0.5) is 0 Å². The second-order valence-electron chi connectivity index (χ2n) is 9.59. The van der Waals surface area contributed by atoms with Gasteiger partial charge in [0.05, 0.1) is 16.7 Å². The Morgan fingerprint density at radius 2 is 1.25 bits per heavy atom. The van der Waals surface area contributed by atoms with Crippen LogP contribution >= 0.6 is 0 Å². The number of ketones is 2. The van der Waals surface area contributed by atoms with Crippen LogP contribution in [0.3, 0.4) is 0 Å². The maximum absolute atomic E-state index is 13.6. The zero-order valence-electron chi connectivity index (χ0n) is 20.2. The molecule has 40 heavy (non-hydrogen) atoms. The monoisotopic (exact) mass is 538 g/mol. The highest BCUT2D eigenvalue weighted by atomic mass is 16.4. The summed E-state index contributed by atoms with van der Waals surface area (Å²) in [5.74, 6) is -8.98. The molecule has 0 unspecified atom stereocenters. The molecular weight excluding hydrogens is 520 g/mol. The van der Waals surface area contributed by atoms with Gasteiger partial charge < -0.3 is 30.6 Å². The number of rotatable bonds is 3. The second kappa shape index (κ2) is 8.43. The number of benzene rings is 4. The predicted octanol–water partition coefficient (Wildman–Crippen LogP) is 3.96. The lowest BCUT2D eigenvalue weighted by Gasteiger charge is -2.38. The third-order valence-electron chi connectivity index (χ3n) is 7.57. The zero-order valence-corrected chi connectivity index (χ0v) is 20.2. The van der Waals surface area contributed by atoms with Gasteiger partial charge in [-0.3, -0.25) is 9.59 Å². The summed E-state index contributed by atoms with van der Waals surface area (Å²) >= 11 is 0. The van der Waals surface area contributed by atoms with Crippen molar-refractivity contribution in [2.75, 3.05) is 0 Å². The Kier molecular flexibility index (Phi) is 5.20. The Hall–Kier alpha value is -5.64. The van der Waals surface area contributed by atoms with Gasteiger partial charge in [-0.2, -0.15) is 0 Å². The average molecular weight is 538 g/mol. The molecule has 0 aromatic heterocycles. The van der Waals surface area contributed by atoms with Crippen LogP contribution in [-0.2, 0) is 0 Å². The number of phenolic OH excluding ortho intramolecular Hbond substituents is 3. The van der Waals surface area contributed by atoms with Crippen LogP contribution in [0, 0.1) is 0 Å². The Morgan fingerprint density at radius 1 is 0.600 bits per heavy atom. The summed E-state index contributed by atoms with van der Waals surface area (Å²) in [6.45, 7) is 0. The molecule has 6 N–H and O–H groups in total. The topological polar surface area (TPSA) is 190 Å². The first-order chi connectivity index (χ1) is 19.0. The number of hydrogen-bond acceptors (Lipinski definition) is 8. The standard InChI is InChI=1S/C30H18O10/c31-17-5-2-4-13-21(17)25(24-14(26(13)34)7-8-15(27(24)35)30(39)40)20-12-3-1-6-18(32)22(12)28(36)23-16(20)9-11(29(37)38)10-19(23)33/h1-10,20,25,31-33,35H,(H,37,38)(H,39,40)/t20-,25+/m1/s1. The number of fused-ring (bicyclic) bond motifs is 4. The molecule has 2 aliphatic carbocycles. The molecule has 4 aromatic rings. The Morgan fingerprint density at radius 3 is 1.95 bits per heavy atom. The summed E-state index contributed by atoms with van der Waals surface area (Å²) in [4.78, 5) is 51.0. The van der Waals surface area contributed by atoms with E-state index in [4.69, 9.17) is 0 Å². The van der Waals surface area contributed by atoms with Crippen molar-refractivity contribution in [3.8, 4) is 23.0 Å². The Bertz CT molecular complexity index is 1850. The molecule has 0 saturated heterocycles. The van der Waals surface area contributed by atoms with Gasteiger partial charge in [-0.05, 0) is 47.5 Å². The number of carboxylic acids is 2. The predicted molar refractivity (Wildman–Crippen MR) is 137 cm³/mol. The first-order valence-corrected chi connectivity index (χ1v) is 11.9. The van der Waals surface area contributed by atoms with E-state index in [9.17, 15) is 49.8 Å². The lowest BCUT2D eigenvalue weighted by Crippen LogP contribution is -2.30.